The summed E-state index contributed by atoms with van der Waals surface area (Å²) in [5.41, 5.74) is 6.97. The molecule has 6 heteroatoms. The number of hydrogen-bond donors (Lipinski definition) is 1. The summed E-state index contributed by atoms with van der Waals surface area (Å²) in [5, 5.41) is 0.549. The van der Waals surface area contributed by atoms with Gasteiger partial charge in [0.15, 0.2) is 0 Å². The third-order valence-corrected chi connectivity index (χ3v) is 5.10. The van der Waals surface area contributed by atoms with E-state index in [1.54, 1.807) is 25.1 Å². The second kappa shape index (κ2) is 6.14. The van der Waals surface area contributed by atoms with E-state index in [0.717, 1.165) is 12.8 Å². The van der Waals surface area contributed by atoms with Crippen LogP contribution in [0, 0.1) is 12.7 Å². The van der Waals surface area contributed by atoms with E-state index in [1.165, 1.54) is 17.4 Å². The Morgan fingerprint density at radius 1 is 1.36 bits per heavy atom. The van der Waals surface area contributed by atoms with Crippen molar-refractivity contribution in [2.45, 2.75) is 25.8 Å². The van der Waals surface area contributed by atoms with Gasteiger partial charge in [0.1, 0.15) is 15.7 Å². The lowest BCUT2D eigenvalue weighted by molar-refractivity contribution is 0.0718. The summed E-state index contributed by atoms with van der Waals surface area (Å²) in [6.45, 7) is 3.14. The highest BCUT2D eigenvalue weighted by Crippen LogP contribution is 2.30. The Bertz CT molecular complexity index is 692. The van der Waals surface area contributed by atoms with Crippen molar-refractivity contribution in [1.29, 1.82) is 0 Å². The molecular weight excluding hydrogens is 301 g/mol. The molecule has 1 aliphatic rings. The smallest absolute Gasteiger partial charge is 0.265 e. The van der Waals surface area contributed by atoms with Gasteiger partial charge >= 0.3 is 0 Å². The fourth-order valence-corrected chi connectivity index (χ4v) is 3.65. The minimum Gasteiger partial charge on any atom is -0.338 e. The molecule has 1 saturated heterocycles. The zero-order chi connectivity index (χ0) is 15.7. The van der Waals surface area contributed by atoms with E-state index in [0.29, 0.717) is 34.2 Å². The molecule has 2 heterocycles. The van der Waals surface area contributed by atoms with E-state index in [1.807, 2.05) is 4.90 Å². The summed E-state index contributed by atoms with van der Waals surface area (Å²) in [7, 11) is 0. The topological polar surface area (TPSA) is 59.2 Å². The highest BCUT2D eigenvalue weighted by Gasteiger charge is 2.25. The van der Waals surface area contributed by atoms with Gasteiger partial charge in [-0.05, 0) is 31.9 Å². The van der Waals surface area contributed by atoms with Gasteiger partial charge in [0, 0.05) is 24.7 Å². The van der Waals surface area contributed by atoms with E-state index in [-0.39, 0.29) is 17.8 Å². The Kier molecular flexibility index (Phi) is 4.22. The maximum absolute atomic E-state index is 13.9. The molecule has 3 rings (SSSR count). The predicted octanol–water partition coefficient (Wildman–Crippen LogP) is 2.82. The molecular formula is C16H18FN3OS. The van der Waals surface area contributed by atoms with Crippen molar-refractivity contribution in [1.82, 2.24) is 9.88 Å². The maximum atomic E-state index is 13.9. The number of nitrogens with zero attached hydrogens (tertiary/aromatic N) is 2. The van der Waals surface area contributed by atoms with Crippen molar-refractivity contribution >= 4 is 17.2 Å². The third-order valence-electron chi connectivity index (χ3n) is 3.92. The molecule has 0 aliphatic carbocycles. The number of thiazole rings is 1. The van der Waals surface area contributed by atoms with Gasteiger partial charge in [0.2, 0.25) is 0 Å². The molecule has 0 atom stereocenters. The summed E-state index contributed by atoms with van der Waals surface area (Å²) in [4.78, 5) is 19.4. The lowest BCUT2D eigenvalue weighted by Crippen LogP contribution is -2.42. The summed E-state index contributed by atoms with van der Waals surface area (Å²) in [6, 6.07) is 6.67. The van der Waals surface area contributed by atoms with Crippen LogP contribution in [0.15, 0.2) is 24.3 Å². The molecule has 1 aromatic carbocycles. The average molecular weight is 319 g/mol. The van der Waals surface area contributed by atoms with Crippen LogP contribution >= 0.6 is 11.3 Å². The van der Waals surface area contributed by atoms with E-state index >= 15 is 0 Å². The summed E-state index contributed by atoms with van der Waals surface area (Å²) in [5.74, 6) is -0.344. The van der Waals surface area contributed by atoms with Crippen molar-refractivity contribution in [2.24, 2.45) is 5.73 Å². The number of likely N-dealkylation sites (tertiary alicyclic amines) is 1. The van der Waals surface area contributed by atoms with Crippen LogP contribution in [0.3, 0.4) is 0 Å². The number of nitrogens with two attached hydrogens (primary N) is 1. The third kappa shape index (κ3) is 2.89. The second-order valence-electron chi connectivity index (χ2n) is 5.54. The number of aromatic nitrogens is 1. The lowest BCUT2D eigenvalue weighted by Gasteiger charge is -2.29. The van der Waals surface area contributed by atoms with Gasteiger partial charge in [0.05, 0.1) is 5.69 Å². The van der Waals surface area contributed by atoms with Crippen LogP contribution in [0.1, 0.15) is 28.2 Å². The Morgan fingerprint density at radius 2 is 2.05 bits per heavy atom. The Morgan fingerprint density at radius 3 is 2.73 bits per heavy atom. The summed E-state index contributed by atoms with van der Waals surface area (Å²) >= 11 is 1.26. The Hall–Kier alpha value is -1.79. The lowest BCUT2D eigenvalue weighted by atomic mass is 10.1. The number of halogens is 1. The molecule has 1 aliphatic heterocycles. The molecule has 1 fully saturated rings. The first-order valence-corrected chi connectivity index (χ1v) is 8.15. The number of piperidine rings is 1. The van der Waals surface area contributed by atoms with Crippen molar-refractivity contribution in [2.75, 3.05) is 13.1 Å². The maximum Gasteiger partial charge on any atom is 0.265 e. The average Bonchev–Trinajstić information content (AvgIpc) is 2.89. The van der Waals surface area contributed by atoms with Crippen molar-refractivity contribution in [3.8, 4) is 10.6 Å². The monoisotopic (exact) mass is 319 g/mol. The van der Waals surface area contributed by atoms with Gasteiger partial charge in [0.25, 0.3) is 5.91 Å². The Balaban J connectivity index is 1.86. The molecule has 0 bridgehead atoms. The molecule has 116 valence electrons. The molecule has 2 N–H and O–H groups in total. The minimum absolute atomic E-state index is 0.0236. The minimum atomic E-state index is -0.320. The highest BCUT2D eigenvalue weighted by molar-refractivity contribution is 7.17. The zero-order valence-corrected chi connectivity index (χ0v) is 13.2. The normalized spacial score (nSPS) is 16.0. The Labute approximate surface area is 132 Å². The van der Waals surface area contributed by atoms with Gasteiger partial charge in [-0.15, -0.1) is 11.3 Å². The molecule has 0 unspecified atom stereocenters. The standard InChI is InChI=1S/C16H18FN3OS/c1-10-14(16(21)20-8-6-11(18)7-9-20)22-15(19-10)12-4-2-3-5-13(12)17/h2-5,11H,6-9,18H2,1H3. The number of carbonyl (C=O) groups is 1. The van der Waals surface area contributed by atoms with E-state index < -0.39 is 0 Å². The summed E-state index contributed by atoms with van der Waals surface area (Å²) < 4.78 is 13.9. The van der Waals surface area contributed by atoms with Gasteiger partial charge in [-0.25, -0.2) is 9.37 Å². The van der Waals surface area contributed by atoms with Crippen LogP contribution in [-0.2, 0) is 0 Å². The van der Waals surface area contributed by atoms with Gasteiger partial charge in [-0.2, -0.15) is 0 Å². The first-order valence-electron chi connectivity index (χ1n) is 7.33. The van der Waals surface area contributed by atoms with Gasteiger partial charge in [-0.1, -0.05) is 12.1 Å². The quantitative estimate of drug-likeness (QED) is 0.926. The number of benzene rings is 1. The molecule has 4 nitrogen and oxygen atoms in total. The second-order valence-corrected chi connectivity index (χ2v) is 6.54. The number of hydrogen-bond acceptors (Lipinski definition) is 4. The van der Waals surface area contributed by atoms with Crippen LogP contribution in [0.5, 0.6) is 0 Å². The molecule has 22 heavy (non-hydrogen) atoms. The van der Waals surface area contributed by atoms with Gasteiger partial charge < -0.3 is 10.6 Å². The van der Waals surface area contributed by atoms with Gasteiger partial charge in [-0.3, -0.25) is 4.79 Å². The summed E-state index contributed by atoms with van der Waals surface area (Å²) in [6.07, 6.45) is 1.65. The SMILES string of the molecule is Cc1nc(-c2ccccc2F)sc1C(=O)N1CCC(N)CC1. The van der Waals surface area contributed by atoms with E-state index in [2.05, 4.69) is 4.98 Å². The van der Waals surface area contributed by atoms with Crippen molar-refractivity contribution in [3.05, 3.63) is 40.7 Å². The fourth-order valence-electron chi connectivity index (χ4n) is 2.59. The number of amides is 1. The van der Waals surface area contributed by atoms with Crippen LogP contribution in [0.4, 0.5) is 4.39 Å². The number of carbonyl (C=O) groups excluding carboxylic acids is 1. The zero-order valence-electron chi connectivity index (χ0n) is 12.4. The van der Waals surface area contributed by atoms with Crippen LogP contribution in [0.25, 0.3) is 10.6 Å². The molecule has 0 radical (unpaired) electrons. The molecule has 1 amide bonds. The molecule has 0 spiro atoms. The van der Waals surface area contributed by atoms with Crippen LogP contribution < -0.4 is 5.73 Å². The number of aryl methyl sites for hydroxylation is 1. The largest absolute Gasteiger partial charge is 0.338 e. The first kappa shape index (κ1) is 15.1. The van der Waals surface area contributed by atoms with E-state index in [9.17, 15) is 9.18 Å². The first-order chi connectivity index (χ1) is 10.6. The van der Waals surface area contributed by atoms with Crippen LogP contribution in [-0.4, -0.2) is 34.9 Å². The predicted molar refractivity (Wildman–Crippen MR) is 85.4 cm³/mol. The number of rotatable bonds is 2. The van der Waals surface area contributed by atoms with Crippen molar-refractivity contribution < 1.29 is 9.18 Å². The fraction of sp³-hybridized carbons (Fsp3) is 0.375. The van der Waals surface area contributed by atoms with E-state index in [4.69, 9.17) is 5.73 Å². The highest BCUT2D eigenvalue weighted by atomic mass is 32.1. The molecule has 0 saturated carbocycles. The molecule has 1 aromatic heterocycles. The van der Waals surface area contributed by atoms with Crippen molar-refractivity contribution in [3.63, 3.8) is 0 Å². The molecule has 2 aromatic rings. The van der Waals surface area contributed by atoms with Crippen LogP contribution in [0.2, 0.25) is 0 Å².